The molecule has 1 aromatic heterocycles. The van der Waals surface area contributed by atoms with Gasteiger partial charge in [0.05, 0.1) is 18.2 Å². The van der Waals surface area contributed by atoms with Crippen molar-refractivity contribution in [3.63, 3.8) is 0 Å². The lowest BCUT2D eigenvalue weighted by Crippen LogP contribution is -2.57. The summed E-state index contributed by atoms with van der Waals surface area (Å²) >= 11 is 6.05. The third-order valence-electron chi connectivity index (χ3n) is 5.73. The molecule has 3 unspecified atom stereocenters. The Labute approximate surface area is 188 Å². The third-order valence-corrected chi connectivity index (χ3v) is 7.93. The van der Waals surface area contributed by atoms with Crippen molar-refractivity contribution in [3.05, 3.63) is 35.2 Å². The Morgan fingerprint density at radius 2 is 1.74 bits per heavy atom. The van der Waals surface area contributed by atoms with E-state index in [9.17, 15) is 8.42 Å². The van der Waals surface area contributed by atoms with Crippen molar-refractivity contribution >= 4 is 21.8 Å². The van der Waals surface area contributed by atoms with Crippen LogP contribution < -0.4 is 0 Å². The third kappa shape index (κ3) is 4.94. The maximum atomic E-state index is 13.1. The van der Waals surface area contributed by atoms with Crippen molar-refractivity contribution in [2.24, 2.45) is 0 Å². The summed E-state index contributed by atoms with van der Waals surface area (Å²) in [7, 11) is -3.50. The van der Waals surface area contributed by atoms with E-state index in [1.165, 1.54) is 0 Å². The van der Waals surface area contributed by atoms with E-state index < -0.39 is 10.2 Å². The topological polar surface area (TPSA) is 92.0 Å². The lowest BCUT2D eigenvalue weighted by Gasteiger charge is -2.41. The van der Waals surface area contributed by atoms with Gasteiger partial charge in [-0.05, 0) is 39.0 Å². The Morgan fingerprint density at radius 3 is 2.39 bits per heavy atom. The summed E-state index contributed by atoms with van der Waals surface area (Å²) in [6.07, 6.45) is -0.211. The van der Waals surface area contributed by atoms with E-state index in [2.05, 4.69) is 15.1 Å². The molecule has 4 rings (SSSR count). The molecular formula is C20H28ClN5O4S. The molecule has 0 radical (unpaired) electrons. The van der Waals surface area contributed by atoms with Gasteiger partial charge in [-0.1, -0.05) is 17.7 Å². The molecule has 2 aliphatic rings. The Morgan fingerprint density at radius 1 is 1.06 bits per heavy atom. The Kier molecular flexibility index (Phi) is 6.66. The molecule has 2 aromatic rings. The predicted molar refractivity (Wildman–Crippen MR) is 117 cm³/mol. The number of halogens is 1. The highest BCUT2D eigenvalue weighted by Crippen LogP contribution is 2.27. The smallest absolute Gasteiger partial charge is 0.282 e. The van der Waals surface area contributed by atoms with Crippen LogP contribution in [0, 0.1) is 0 Å². The van der Waals surface area contributed by atoms with Crippen molar-refractivity contribution in [2.45, 2.75) is 39.0 Å². The number of hydrogen-bond acceptors (Lipinski definition) is 7. The standard InChI is InChI=1S/C20H28ClN5O4S/c1-14-12-26(13-15(2)29-14)31(27,28)25-9-7-24(8-10-25)16(3)19-22-23-20(30-19)17-5-4-6-18(21)11-17/h4-6,11,14-16H,7-10,12-13H2,1-3H3. The minimum absolute atomic E-state index is 0.106. The van der Waals surface area contributed by atoms with E-state index in [0.29, 0.717) is 56.1 Å². The molecule has 2 aliphatic heterocycles. The Bertz CT molecular complexity index is 999. The summed E-state index contributed by atoms with van der Waals surface area (Å²) in [5, 5.41) is 8.95. The van der Waals surface area contributed by atoms with Crippen LogP contribution in [0.1, 0.15) is 32.7 Å². The van der Waals surface area contributed by atoms with Crippen LogP contribution in [0.3, 0.4) is 0 Å². The normalized spacial score (nSPS) is 25.5. The van der Waals surface area contributed by atoms with E-state index in [1.54, 1.807) is 20.7 Å². The zero-order valence-corrected chi connectivity index (χ0v) is 19.5. The van der Waals surface area contributed by atoms with Gasteiger partial charge in [-0.25, -0.2) is 0 Å². The Hall–Kier alpha value is -1.56. The molecule has 9 nitrogen and oxygen atoms in total. The fraction of sp³-hybridized carbons (Fsp3) is 0.600. The van der Waals surface area contributed by atoms with Crippen molar-refractivity contribution in [1.82, 2.24) is 23.7 Å². The van der Waals surface area contributed by atoms with Crippen molar-refractivity contribution in [3.8, 4) is 11.5 Å². The van der Waals surface area contributed by atoms with Gasteiger partial charge in [0.1, 0.15) is 0 Å². The molecule has 11 heteroatoms. The lowest BCUT2D eigenvalue weighted by molar-refractivity contribution is -0.0458. The van der Waals surface area contributed by atoms with Gasteiger partial charge in [0, 0.05) is 49.9 Å². The molecule has 0 saturated carbocycles. The van der Waals surface area contributed by atoms with Gasteiger partial charge in [0.15, 0.2) is 0 Å². The van der Waals surface area contributed by atoms with Gasteiger partial charge < -0.3 is 9.15 Å². The molecular weight excluding hydrogens is 442 g/mol. The number of benzene rings is 1. The van der Waals surface area contributed by atoms with Crippen LogP contribution >= 0.6 is 11.6 Å². The molecule has 0 bridgehead atoms. The summed E-state index contributed by atoms with van der Waals surface area (Å²) < 4.78 is 40.8. The molecule has 31 heavy (non-hydrogen) atoms. The second-order valence-corrected chi connectivity index (χ2v) is 10.5. The van der Waals surface area contributed by atoms with Crippen molar-refractivity contribution < 1.29 is 17.6 Å². The number of rotatable bonds is 5. The van der Waals surface area contributed by atoms with Crippen LogP contribution in [0.4, 0.5) is 0 Å². The highest BCUT2D eigenvalue weighted by Gasteiger charge is 2.37. The molecule has 2 saturated heterocycles. The van der Waals surface area contributed by atoms with Gasteiger partial charge in [0.25, 0.3) is 10.2 Å². The van der Waals surface area contributed by atoms with Crippen LogP contribution in [0.2, 0.25) is 5.02 Å². The average molecular weight is 470 g/mol. The largest absolute Gasteiger partial charge is 0.419 e. The minimum atomic E-state index is -3.50. The lowest BCUT2D eigenvalue weighted by atomic mass is 10.2. The molecule has 3 heterocycles. The second-order valence-electron chi connectivity index (χ2n) is 8.15. The maximum absolute atomic E-state index is 13.1. The molecule has 0 aliphatic carbocycles. The van der Waals surface area contributed by atoms with E-state index in [0.717, 1.165) is 5.56 Å². The Balaban J connectivity index is 1.38. The molecule has 2 fully saturated rings. The van der Waals surface area contributed by atoms with E-state index in [1.807, 2.05) is 32.9 Å². The van der Waals surface area contributed by atoms with Gasteiger partial charge in [0.2, 0.25) is 11.8 Å². The van der Waals surface area contributed by atoms with Crippen LogP contribution in [0.15, 0.2) is 28.7 Å². The first kappa shape index (κ1) is 22.6. The molecule has 1 aromatic carbocycles. The highest BCUT2D eigenvalue weighted by molar-refractivity contribution is 7.86. The number of nitrogens with zero attached hydrogens (tertiary/aromatic N) is 5. The zero-order chi connectivity index (χ0) is 22.2. The number of ether oxygens (including phenoxy) is 1. The van der Waals surface area contributed by atoms with Crippen LogP contribution in [0.25, 0.3) is 11.5 Å². The van der Waals surface area contributed by atoms with E-state index in [4.69, 9.17) is 20.8 Å². The maximum Gasteiger partial charge on any atom is 0.282 e. The number of hydrogen-bond donors (Lipinski definition) is 0. The van der Waals surface area contributed by atoms with Gasteiger partial charge in [-0.15, -0.1) is 10.2 Å². The number of piperazine rings is 1. The highest BCUT2D eigenvalue weighted by atomic mass is 35.5. The van der Waals surface area contributed by atoms with Crippen LogP contribution in [-0.4, -0.2) is 83.6 Å². The summed E-state index contributed by atoms with van der Waals surface area (Å²) in [5.41, 5.74) is 0.767. The monoisotopic (exact) mass is 469 g/mol. The molecule has 0 spiro atoms. The van der Waals surface area contributed by atoms with Gasteiger partial charge in [-0.2, -0.15) is 17.0 Å². The van der Waals surface area contributed by atoms with Crippen LogP contribution in [0.5, 0.6) is 0 Å². The molecule has 0 N–H and O–H groups in total. The van der Waals surface area contributed by atoms with Gasteiger partial charge in [-0.3, -0.25) is 4.90 Å². The summed E-state index contributed by atoms with van der Waals surface area (Å²) in [5.74, 6) is 0.920. The van der Waals surface area contributed by atoms with Crippen molar-refractivity contribution in [2.75, 3.05) is 39.3 Å². The first-order valence-electron chi connectivity index (χ1n) is 10.5. The summed E-state index contributed by atoms with van der Waals surface area (Å²) in [4.78, 5) is 2.16. The fourth-order valence-electron chi connectivity index (χ4n) is 4.10. The average Bonchev–Trinajstić information content (AvgIpc) is 3.23. The quantitative estimate of drug-likeness (QED) is 0.663. The molecule has 170 valence electrons. The minimum Gasteiger partial charge on any atom is -0.419 e. The van der Waals surface area contributed by atoms with E-state index in [-0.39, 0.29) is 18.2 Å². The number of aromatic nitrogens is 2. The molecule has 0 amide bonds. The van der Waals surface area contributed by atoms with Crippen molar-refractivity contribution in [1.29, 1.82) is 0 Å². The molecule has 3 atom stereocenters. The first-order chi connectivity index (χ1) is 14.7. The number of morpholine rings is 1. The summed E-state index contributed by atoms with van der Waals surface area (Å²) in [6.45, 7) is 8.58. The second kappa shape index (κ2) is 9.13. The first-order valence-corrected chi connectivity index (χ1v) is 12.3. The summed E-state index contributed by atoms with van der Waals surface area (Å²) in [6, 6.07) is 7.15. The predicted octanol–water partition coefficient (Wildman–Crippen LogP) is 2.42. The zero-order valence-electron chi connectivity index (χ0n) is 17.9. The van der Waals surface area contributed by atoms with E-state index >= 15 is 0 Å². The van der Waals surface area contributed by atoms with Gasteiger partial charge >= 0.3 is 0 Å². The fourth-order valence-corrected chi connectivity index (χ4v) is 6.04. The SMILES string of the molecule is CC1CN(S(=O)(=O)N2CCN(C(C)c3nnc(-c4cccc(Cl)c4)o3)CC2)CC(C)O1. The van der Waals surface area contributed by atoms with Crippen LogP contribution in [-0.2, 0) is 14.9 Å².